The molecule has 1 fully saturated rings. The van der Waals surface area contributed by atoms with Gasteiger partial charge in [-0.2, -0.15) is 0 Å². The third-order valence-corrected chi connectivity index (χ3v) is 1.64. The van der Waals surface area contributed by atoms with Gasteiger partial charge in [0.05, 0.1) is 31.6 Å². The first-order chi connectivity index (χ1) is 6.60. The van der Waals surface area contributed by atoms with Crippen LogP contribution in [0.4, 0.5) is 0 Å². The molecular formula is C8H17ClN2O3. The van der Waals surface area contributed by atoms with Gasteiger partial charge in [0.25, 0.3) is 0 Å². The van der Waals surface area contributed by atoms with E-state index in [1.54, 1.807) is 6.92 Å². The zero-order valence-electron chi connectivity index (χ0n) is 8.49. The minimum atomic E-state index is -0.346. The molecule has 0 radical (unpaired) electrons. The van der Waals surface area contributed by atoms with E-state index in [4.69, 9.17) is 5.11 Å². The van der Waals surface area contributed by atoms with Crippen molar-refractivity contribution in [2.24, 2.45) is 0 Å². The average molecular weight is 225 g/mol. The smallest absolute Gasteiger partial charge is 0.234 e. The van der Waals surface area contributed by atoms with Crippen molar-refractivity contribution >= 4 is 17.8 Å². The van der Waals surface area contributed by atoms with Gasteiger partial charge in [-0.3, -0.25) is 14.0 Å². The Balaban J connectivity index is 0.000000500. The molecule has 1 aliphatic rings. The number of amides is 1. The second-order valence-electron chi connectivity index (χ2n) is 3.09. The monoisotopic (exact) mass is 224 g/mol. The number of hydrogen-bond acceptors (Lipinski definition) is 4. The summed E-state index contributed by atoms with van der Waals surface area (Å²) in [5.41, 5.74) is 0. The molecule has 1 saturated heterocycles. The van der Waals surface area contributed by atoms with E-state index in [0.29, 0.717) is 19.6 Å². The molecule has 0 aliphatic carbocycles. The molecule has 0 bridgehead atoms. The lowest BCUT2D eigenvalue weighted by atomic mass is 10.3. The maximum Gasteiger partial charge on any atom is 0.234 e. The maximum atomic E-state index is 10.8. The van der Waals surface area contributed by atoms with Crippen LogP contribution < -0.4 is 5.32 Å². The van der Waals surface area contributed by atoms with Gasteiger partial charge in [-0.25, -0.2) is 0 Å². The molecule has 5 nitrogen and oxygen atoms in total. The van der Waals surface area contributed by atoms with Crippen molar-refractivity contribution in [3.05, 3.63) is 0 Å². The van der Waals surface area contributed by atoms with Crippen molar-refractivity contribution in [2.45, 2.75) is 13.0 Å². The molecular weight excluding hydrogens is 208 g/mol. The Hall–Kier alpha value is -0.360. The van der Waals surface area contributed by atoms with Crippen LogP contribution in [-0.4, -0.2) is 55.3 Å². The Bertz CT molecular complexity index is 167. The fraction of sp³-hybridized carbons (Fsp3) is 0.875. The number of halogens is 1. The Morgan fingerprint density at radius 2 is 2.36 bits per heavy atom. The molecule has 1 aliphatic heterocycles. The van der Waals surface area contributed by atoms with Crippen LogP contribution in [0.3, 0.4) is 0 Å². The highest BCUT2D eigenvalue weighted by Crippen LogP contribution is 1.94. The predicted molar refractivity (Wildman–Crippen MR) is 54.0 cm³/mol. The lowest BCUT2D eigenvalue weighted by Crippen LogP contribution is -2.49. The molecule has 0 saturated carbocycles. The van der Waals surface area contributed by atoms with E-state index in [9.17, 15) is 4.79 Å². The number of rotatable bonds is 2. The van der Waals surface area contributed by atoms with Gasteiger partial charge in [0.1, 0.15) is 0 Å². The molecule has 6 heteroatoms. The van der Waals surface area contributed by atoms with Gasteiger partial charge in [-0.05, 0) is 6.92 Å². The van der Waals surface area contributed by atoms with Crippen molar-refractivity contribution < 1.29 is 14.2 Å². The highest BCUT2D eigenvalue weighted by molar-refractivity contribution is 6.07. The highest BCUT2D eigenvalue weighted by Gasteiger charge is 2.16. The van der Waals surface area contributed by atoms with E-state index in [2.05, 4.69) is 21.5 Å². The van der Waals surface area contributed by atoms with Crippen LogP contribution in [0.25, 0.3) is 0 Å². The first-order valence-electron chi connectivity index (χ1n) is 4.42. The minimum absolute atomic E-state index is 0.0527. The van der Waals surface area contributed by atoms with Gasteiger partial charge < -0.3 is 10.4 Å². The standard InChI is InChI=1S/C7H14N2O2.CH3ClO/c1-6(10)4-9-3-2-8-7(11)5-9;1-3-2/h6,10H,2-5H2,1H3,(H,8,11);1H3. The average Bonchev–Trinajstić information content (AvgIpc) is 2.03. The van der Waals surface area contributed by atoms with Gasteiger partial charge in [-0.15, -0.1) is 0 Å². The normalized spacial score (nSPS) is 19.3. The number of aliphatic hydroxyl groups is 1. The third-order valence-electron chi connectivity index (χ3n) is 1.64. The lowest BCUT2D eigenvalue weighted by Gasteiger charge is -2.27. The van der Waals surface area contributed by atoms with Crippen LogP contribution >= 0.6 is 11.9 Å². The molecule has 0 aromatic rings. The Labute approximate surface area is 89.1 Å². The minimum Gasteiger partial charge on any atom is -0.392 e. The zero-order chi connectivity index (χ0) is 11.0. The number of carbonyl (C=O) groups is 1. The largest absolute Gasteiger partial charge is 0.392 e. The van der Waals surface area contributed by atoms with E-state index in [-0.39, 0.29) is 12.0 Å². The van der Waals surface area contributed by atoms with Crippen LogP contribution in [0.5, 0.6) is 0 Å². The van der Waals surface area contributed by atoms with Gasteiger partial charge in [0.2, 0.25) is 5.91 Å². The molecule has 1 atom stereocenters. The summed E-state index contributed by atoms with van der Waals surface area (Å²) in [6.07, 6.45) is -0.346. The zero-order valence-corrected chi connectivity index (χ0v) is 9.25. The second kappa shape index (κ2) is 7.99. The quantitative estimate of drug-likeness (QED) is 0.669. The SMILES string of the molecule is CC(O)CN1CCNC(=O)C1.COCl. The van der Waals surface area contributed by atoms with Crippen LogP contribution in [0.15, 0.2) is 0 Å². The first kappa shape index (κ1) is 13.6. The Kier molecular flexibility index (Phi) is 7.78. The van der Waals surface area contributed by atoms with Gasteiger partial charge in [-0.1, -0.05) is 0 Å². The number of piperazine rings is 1. The molecule has 1 rings (SSSR count). The molecule has 0 aromatic heterocycles. The van der Waals surface area contributed by atoms with Crippen molar-refractivity contribution in [1.29, 1.82) is 0 Å². The lowest BCUT2D eigenvalue weighted by molar-refractivity contribution is -0.124. The highest BCUT2D eigenvalue weighted by atomic mass is 35.5. The van der Waals surface area contributed by atoms with Crippen LogP contribution in [0, 0.1) is 0 Å². The van der Waals surface area contributed by atoms with Crippen molar-refractivity contribution in [2.75, 3.05) is 33.3 Å². The summed E-state index contributed by atoms with van der Waals surface area (Å²) >= 11 is 4.50. The molecule has 0 aromatic carbocycles. The van der Waals surface area contributed by atoms with Gasteiger partial charge in [0, 0.05) is 19.6 Å². The predicted octanol–water partition coefficient (Wildman–Crippen LogP) is -0.414. The molecule has 1 unspecified atom stereocenters. The van der Waals surface area contributed by atoms with E-state index in [1.165, 1.54) is 7.11 Å². The number of nitrogens with one attached hydrogen (secondary N) is 1. The van der Waals surface area contributed by atoms with Crippen molar-refractivity contribution in [1.82, 2.24) is 10.2 Å². The van der Waals surface area contributed by atoms with E-state index in [0.717, 1.165) is 6.54 Å². The Morgan fingerprint density at radius 1 is 1.79 bits per heavy atom. The Morgan fingerprint density at radius 3 is 2.79 bits per heavy atom. The molecule has 0 spiro atoms. The van der Waals surface area contributed by atoms with Crippen molar-refractivity contribution in [3.8, 4) is 0 Å². The molecule has 1 heterocycles. The summed E-state index contributed by atoms with van der Waals surface area (Å²) in [5, 5.41) is 11.7. The number of carbonyl (C=O) groups excluding carboxylic acids is 1. The first-order valence-corrected chi connectivity index (χ1v) is 4.72. The summed E-state index contributed by atoms with van der Waals surface area (Å²) in [6.45, 7) is 4.28. The number of aliphatic hydroxyl groups excluding tert-OH is 1. The molecule has 84 valence electrons. The summed E-state index contributed by atoms with van der Waals surface area (Å²) in [6, 6.07) is 0. The fourth-order valence-corrected chi connectivity index (χ4v) is 1.22. The fourth-order valence-electron chi connectivity index (χ4n) is 1.22. The van der Waals surface area contributed by atoms with E-state index in [1.807, 2.05) is 4.90 Å². The maximum absolute atomic E-state index is 10.8. The number of β-amino-alcohol motifs (C(OH)–C–C–N with tert-alkyl or cyclic N) is 1. The molecule has 1 amide bonds. The third kappa shape index (κ3) is 7.08. The summed E-state index contributed by atoms with van der Waals surface area (Å²) in [5.74, 6) is 0.0527. The number of hydrogen-bond donors (Lipinski definition) is 2. The van der Waals surface area contributed by atoms with Crippen LogP contribution in [0.2, 0.25) is 0 Å². The van der Waals surface area contributed by atoms with Gasteiger partial charge >= 0.3 is 0 Å². The summed E-state index contributed by atoms with van der Waals surface area (Å²) < 4.78 is 3.72. The number of nitrogens with zero attached hydrogens (tertiary/aromatic N) is 1. The summed E-state index contributed by atoms with van der Waals surface area (Å²) in [4.78, 5) is 12.8. The van der Waals surface area contributed by atoms with Crippen molar-refractivity contribution in [3.63, 3.8) is 0 Å². The topological polar surface area (TPSA) is 61.8 Å². The second-order valence-corrected chi connectivity index (χ2v) is 3.40. The summed E-state index contributed by atoms with van der Waals surface area (Å²) in [7, 11) is 1.39. The van der Waals surface area contributed by atoms with Crippen LogP contribution in [0.1, 0.15) is 6.92 Å². The van der Waals surface area contributed by atoms with Crippen LogP contribution in [-0.2, 0) is 9.08 Å². The molecule has 2 N–H and O–H groups in total. The molecule has 14 heavy (non-hydrogen) atoms. The van der Waals surface area contributed by atoms with E-state index >= 15 is 0 Å². The van der Waals surface area contributed by atoms with E-state index < -0.39 is 0 Å². The van der Waals surface area contributed by atoms with Gasteiger partial charge in [0.15, 0.2) is 0 Å².